The van der Waals surface area contributed by atoms with Crippen LogP contribution in [0.3, 0.4) is 0 Å². The van der Waals surface area contributed by atoms with Gasteiger partial charge in [0.25, 0.3) is 5.91 Å². The number of furan rings is 1. The summed E-state index contributed by atoms with van der Waals surface area (Å²) >= 11 is 0. The lowest BCUT2D eigenvalue weighted by Crippen LogP contribution is -2.55. The number of hydrogen-bond donors (Lipinski definition) is 0. The zero-order chi connectivity index (χ0) is 12.4. The van der Waals surface area contributed by atoms with E-state index in [0.717, 1.165) is 19.6 Å². The Balaban J connectivity index is 2.00. The maximum atomic E-state index is 12.1. The number of carbonyl (C=O) groups excluding carboxylic acids is 1. The van der Waals surface area contributed by atoms with E-state index in [1.807, 2.05) is 4.90 Å². The molecule has 1 aromatic rings. The molecule has 1 amide bonds. The molecule has 2 rings (SSSR count). The second-order valence-electron chi connectivity index (χ2n) is 4.94. The van der Waals surface area contributed by atoms with Crippen molar-refractivity contribution >= 4 is 5.91 Å². The summed E-state index contributed by atoms with van der Waals surface area (Å²) in [6.07, 6.45) is 3.06. The van der Waals surface area contributed by atoms with Crippen molar-refractivity contribution in [1.82, 2.24) is 9.80 Å². The molecule has 1 fully saturated rings. The number of piperazine rings is 1. The van der Waals surface area contributed by atoms with Crippen LogP contribution in [-0.4, -0.2) is 47.4 Å². The number of carbonyl (C=O) groups is 1. The molecule has 0 spiro atoms. The first-order valence-electron chi connectivity index (χ1n) is 6.17. The van der Waals surface area contributed by atoms with Gasteiger partial charge >= 0.3 is 0 Å². The van der Waals surface area contributed by atoms with Gasteiger partial charge in [-0.25, -0.2) is 0 Å². The van der Waals surface area contributed by atoms with Crippen LogP contribution < -0.4 is 0 Å². The molecule has 4 heteroatoms. The lowest BCUT2D eigenvalue weighted by Gasteiger charge is -2.41. The van der Waals surface area contributed by atoms with Crippen LogP contribution in [0.25, 0.3) is 0 Å². The highest BCUT2D eigenvalue weighted by Crippen LogP contribution is 2.15. The van der Waals surface area contributed by atoms with Crippen molar-refractivity contribution in [2.75, 3.05) is 19.6 Å². The summed E-state index contributed by atoms with van der Waals surface area (Å²) in [6, 6.07) is 2.68. The fourth-order valence-electron chi connectivity index (χ4n) is 2.49. The quantitative estimate of drug-likeness (QED) is 0.786. The third-order valence-corrected chi connectivity index (χ3v) is 3.40. The summed E-state index contributed by atoms with van der Waals surface area (Å²) in [5, 5.41) is 0. The van der Waals surface area contributed by atoms with E-state index in [1.165, 1.54) is 6.26 Å². The summed E-state index contributed by atoms with van der Waals surface area (Å²) in [5.41, 5.74) is 0.648. The standard InChI is InChI=1S/C13H20N2O2/c1-10(2)15-6-5-14(8-11(15)3)13(16)12-4-7-17-9-12/h4,7,9-11H,5-6,8H2,1-3H3. The molecule has 1 aromatic heterocycles. The average Bonchev–Trinajstić information content (AvgIpc) is 2.80. The number of nitrogens with zero attached hydrogens (tertiary/aromatic N) is 2. The van der Waals surface area contributed by atoms with Crippen LogP contribution in [0.1, 0.15) is 31.1 Å². The first-order chi connectivity index (χ1) is 8.09. The van der Waals surface area contributed by atoms with Crippen LogP contribution in [-0.2, 0) is 0 Å². The Morgan fingerprint density at radius 3 is 2.76 bits per heavy atom. The smallest absolute Gasteiger partial charge is 0.257 e. The van der Waals surface area contributed by atoms with Crippen LogP contribution in [0.5, 0.6) is 0 Å². The second kappa shape index (κ2) is 4.92. The van der Waals surface area contributed by atoms with Crippen molar-refractivity contribution in [2.24, 2.45) is 0 Å². The predicted octanol–water partition coefficient (Wildman–Crippen LogP) is 1.83. The first-order valence-corrected chi connectivity index (χ1v) is 6.17. The molecular weight excluding hydrogens is 216 g/mol. The van der Waals surface area contributed by atoms with Gasteiger partial charge in [0.05, 0.1) is 11.8 Å². The van der Waals surface area contributed by atoms with Gasteiger partial charge in [0.1, 0.15) is 6.26 Å². The molecule has 1 aliphatic rings. The highest BCUT2D eigenvalue weighted by molar-refractivity contribution is 5.93. The van der Waals surface area contributed by atoms with Gasteiger partial charge in [-0.1, -0.05) is 0 Å². The van der Waals surface area contributed by atoms with Crippen LogP contribution in [0.2, 0.25) is 0 Å². The molecule has 0 aliphatic carbocycles. The molecule has 0 radical (unpaired) electrons. The van der Waals surface area contributed by atoms with E-state index in [-0.39, 0.29) is 5.91 Å². The molecular formula is C13H20N2O2. The first kappa shape index (κ1) is 12.2. The highest BCUT2D eigenvalue weighted by Gasteiger charge is 2.28. The molecule has 2 heterocycles. The Kier molecular flexibility index (Phi) is 3.52. The molecule has 1 aliphatic heterocycles. The summed E-state index contributed by atoms with van der Waals surface area (Å²) in [6.45, 7) is 9.11. The number of rotatable bonds is 2. The minimum atomic E-state index is 0.0778. The number of amides is 1. The van der Waals surface area contributed by atoms with Crippen molar-refractivity contribution < 1.29 is 9.21 Å². The molecule has 0 aromatic carbocycles. The van der Waals surface area contributed by atoms with Crippen molar-refractivity contribution in [3.05, 3.63) is 24.2 Å². The minimum Gasteiger partial charge on any atom is -0.472 e. The van der Waals surface area contributed by atoms with Gasteiger partial charge in [-0.05, 0) is 26.8 Å². The maximum Gasteiger partial charge on any atom is 0.257 e. The number of hydrogen-bond acceptors (Lipinski definition) is 3. The molecule has 1 saturated heterocycles. The van der Waals surface area contributed by atoms with Gasteiger partial charge in [-0.2, -0.15) is 0 Å². The third kappa shape index (κ3) is 2.52. The predicted molar refractivity (Wildman–Crippen MR) is 65.9 cm³/mol. The van der Waals surface area contributed by atoms with E-state index in [0.29, 0.717) is 17.6 Å². The van der Waals surface area contributed by atoms with Gasteiger partial charge in [0.2, 0.25) is 0 Å². The Morgan fingerprint density at radius 2 is 2.24 bits per heavy atom. The van der Waals surface area contributed by atoms with E-state index in [2.05, 4.69) is 25.7 Å². The van der Waals surface area contributed by atoms with E-state index in [1.54, 1.807) is 12.3 Å². The zero-order valence-corrected chi connectivity index (χ0v) is 10.7. The topological polar surface area (TPSA) is 36.7 Å². The van der Waals surface area contributed by atoms with Crippen LogP contribution >= 0.6 is 0 Å². The van der Waals surface area contributed by atoms with Crippen molar-refractivity contribution in [2.45, 2.75) is 32.9 Å². The fourth-order valence-corrected chi connectivity index (χ4v) is 2.49. The van der Waals surface area contributed by atoms with Gasteiger partial charge in [-0.15, -0.1) is 0 Å². The van der Waals surface area contributed by atoms with Crippen molar-refractivity contribution in [1.29, 1.82) is 0 Å². The zero-order valence-electron chi connectivity index (χ0n) is 10.7. The minimum absolute atomic E-state index is 0.0778. The van der Waals surface area contributed by atoms with Gasteiger partial charge in [0, 0.05) is 31.7 Å². The molecule has 94 valence electrons. The van der Waals surface area contributed by atoms with E-state index < -0.39 is 0 Å². The lowest BCUT2D eigenvalue weighted by atomic mass is 10.1. The molecule has 4 nitrogen and oxygen atoms in total. The Labute approximate surface area is 102 Å². The normalized spacial score (nSPS) is 22.1. The summed E-state index contributed by atoms with van der Waals surface area (Å²) in [5.74, 6) is 0.0778. The Bertz CT molecular complexity index is 373. The molecule has 0 saturated carbocycles. The second-order valence-corrected chi connectivity index (χ2v) is 4.94. The molecule has 1 atom stereocenters. The summed E-state index contributed by atoms with van der Waals surface area (Å²) in [7, 11) is 0. The van der Waals surface area contributed by atoms with Crippen LogP contribution in [0.15, 0.2) is 23.0 Å². The molecule has 1 unspecified atom stereocenters. The monoisotopic (exact) mass is 236 g/mol. The van der Waals surface area contributed by atoms with Gasteiger partial charge in [0.15, 0.2) is 0 Å². The largest absolute Gasteiger partial charge is 0.472 e. The Morgan fingerprint density at radius 1 is 1.47 bits per heavy atom. The van der Waals surface area contributed by atoms with Crippen molar-refractivity contribution in [3.63, 3.8) is 0 Å². The van der Waals surface area contributed by atoms with E-state index in [9.17, 15) is 4.79 Å². The fraction of sp³-hybridized carbons (Fsp3) is 0.615. The highest BCUT2D eigenvalue weighted by atomic mass is 16.3. The van der Waals surface area contributed by atoms with Crippen molar-refractivity contribution in [3.8, 4) is 0 Å². The van der Waals surface area contributed by atoms with Gasteiger partial charge in [-0.3, -0.25) is 9.69 Å². The lowest BCUT2D eigenvalue weighted by molar-refractivity contribution is 0.0426. The van der Waals surface area contributed by atoms with Gasteiger partial charge < -0.3 is 9.32 Å². The van der Waals surface area contributed by atoms with Crippen LogP contribution in [0, 0.1) is 0 Å². The average molecular weight is 236 g/mol. The maximum absolute atomic E-state index is 12.1. The molecule has 17 heavy (non-hydrogen) atoms. The summed E-state index contributed by atoms with van der Waals surface area (Å²) in [4.78, 5) is 16.5. The van der Waals surface area contributed by atoms with E-state index >= 15 is 0 Å². The van der Waals surface area contributed by atoms with Crippen LogP contribution in [0.4, 0.5) is 0 Å². The van der Waals surface area contributed by atoms with E-state index in [4.69, 9.17) is 4.42 Å². The Hall–Kier alpha value is -1.29. The SMILES string of the molecule is CC(C)N1CCN(C(=O)c2ccoc2)CC1C. The molecule has 0 bridgehead atoms. The molecule has 0 N–H and O–H groups in total. The summed E-state index contributed by atoms with van der Waals surface area (Å²) < 4.78 is 4.95. The third-order valence-electron chi connectivity index (χ3n) is 3.40.